The maximum Gasteiger partial charge on any atom is 0.407 e. The maximum absolute atomic E-state index is 11.0. The van der Waals surface area contributed by atoms with Gasteiger partial charge in [0.25, 0.3) is 0 Å². The molecule has 2 N–H and O–H groups in total. The van der Waals surface area contributed by atoms with E-state index >= 15 is 0 Å². The average molecular weight is 201 g/mol. The van der Waals surface area contributed by atoms with Crippen molar-refractivity contribution in [1.29, 1.82) is 0 Å². The van der Waals surface area contributed by atoms with Gasteiger partial charge in [0.15, 0.2) is 0 Å². The predicted molar refractivity (Wildman–Crippen MR) is 51.0 cm³/mol. The number of carbonyl (C=O) groups excluding carboxylic acids is 1. The van der Waals surface area contributed by atoms with E-state index in [4.69, 9.17) is 9.84 Å². The van der Waals surface area contributed by atoms with Crippen molar-refractivity contribution < 1.29 is 19.4 Å². The highest BCUT2D eigenvalue weighted by atomic mass is 16.6. The molecule has 0 spiro atoms. The highest BCUT2D eigenvalue weighted by Crippen LogP contribution is 2.05. The smallest absolute Gasteiger partial charge is 0.407 e. The molecule has 0 bridgehead atoms. The standard InChI is InChI=1S/C9H15NO4/c1-9(2,3)14-8(13)10-6-4-5-7(11)12/h4-5H,6H2,1-3H3,(H,10,13)(H,11,12)/b5-4+. The van der Waals surface area contributed by atoms with E-state index in [1.807, 2.05) is 0 Å². The van der Waals surface area contributed by atoms with E-state index in [9.17, 15) is 9.59 Å². The number of amides is 1. The topological polar surface area (TPSA) is 75.6 Å². The second-order valence-electron chi connectivity index (χ2n) is 3.62. The van der Waals surface area contributed by atoms with E-state index < -0.39 is 17.7 Å². The van der Waals surface area contributed by atoms with Gasteiger partial charge in [-0.15, -0.1) is 0 Å². The molecule has 0 aliphatic carbocycles. The zero-order chi connectivity index (χ0) is 11.2. The van der Waals surface area contributed by atoms with E-state index in [1.54, 1.807) is 20.8 Å². The van der Waals surface area contributed by atoms with Gasteiger partial charge in [-0.25, -0.2) is 9.59 Å². The number of ether oxygens (including phenoxy) is 1. The van der Waals surface area contributed by atoms with Gasteiger partial charge in [0.05, 0.1) is 0 Å². The number of carboxylic acids is 1. The van der Waals surface area contributed by atoms with Crippen LogP contribution in [0.25, 0.3) is 0 Å². The average Bonchev–Trinajstić information content (AvgIpc) is 1.94. The Morgan fingerprint density at radius 1 is 1.43 bits per heavy atom. The van der Waals surface area contributed by atoms with Crippen molar-refractivity contribution in [3.05, 3.63) is 12.2 Å². The molecule has 5 heteroatoms. The van der Waals surface area contributed by atoms with Gasteiger partial charge in [0.1, 0.15) is 5.60 Å². The second-order valence-corrected chi connectivity index (χ2v) is 3.62. The van der Waals surface area contributed by atoms with Crippen molar-refractivity contribution in [2.45, 2.75) is 26.4 Å². The molecule has 5 nitrogen and oxygen atoms in total. The first-order valence-corrected chi connectivity index (χ1v) is 4.17. The zero-order valence-corrected chi connectivity index (χ0v) is 8.53. The number of hydrogen-bond acceptors (Lipinski definition) is 3. The van der Waals surface area contributed by atoms with Gasteiger partial charge >= 0.3 is 12.1 Å². The summed E-state index contributed by atoms with van der Waals surface area (Å²) in [5.41, 5.74) is -0.541. The molecule has 0 saturated heterocycles. The Morgan fingerprint density at radius 2 is 2.00 bits per heavy atom. The molecule has 80 valence electrons. The van der Waals surface area contributed by atoms with Crippen molar-refractivity contribution in [1.82, 2.24) is 5.32 Å². The molecule has 0 unspecified atom stereocenters. The van der Waals surface area contributed by atoms with Crippen molar-refractivity contribution in [3.8, 4) is 0 Å². The highest BCUT2D eigenvalue weighted by molar-refractivity contribution is 5.79. The molecule has 0 rings (SSSR count). The van der Waals surface area contributed by atoms with E-state index in [0.29, 0.717) is 0 Å². The molecule has 0 aromatic carbocycles. The van der Waals surface area contributed by atoms with Crippen molar-refractivity contribution in [3.63, 3.8) is 0 Å². The molecule has 14 heavy (non-hydrogen) atoms. The first kappa shape index (κ1) is 12.5. The summed E-state index contributed by atoms with van der Waals surface area (Å²) in [4.78, 5) is 21.0. The number of nitrogens with one attached hydrogen (secondary N) is 1. The van der Waals surface area contributed by atoms with Gasteiger partial charge in [-0.1, -0.05) is 6.08 Å². The van der Waals surface area contributed by atoms with Crippen molar-refractivity contribution >= 4 is 12.1 Å². The molecule has 0 fully saturated rings. The molecule has 0 aliphatic heterocycles. The number of aliphatic carboxylic acids is 1. The molecular formula is C9H15NO4. The zero-order valence-electron chi connectivity index (χ0n) is 8.53. The van der Waals surface area contributed by atoms with Crippen LogP contribution in [0.2, 0.25) is 0 Å². The molecule has 0 heterocycles. The van der Waals surface area contributed by atoms with Crippen LogP contribution in [-0.2, 0) is 9.53 Å². The lowest BCUT2D eigenvalue weighted by atomic mass is 10.2. The minimum atomic E-state index is -1.05. The Labute approximate surface area is 82.7 Å². The SMILES string of the molecule is CC(C)(C)OC(=O)NC/C=C/C(=O)O. The van der Waals surface area contributed by atoms with Gasteiger partial charge in [-0.3, -0.25) is 0 Å². The lowest BCUT2D eigenvalue weighted by Gasteiger charge is -2.19. The summed E-state index contributed by atoms with van der Waals surface area (Å²) in [6, 6.07) is 0. The minimum absolute atomic E-state index is 0.140. The van der Waals surface area contributed by atoms with E-state index in [0.717, 1.165) is 6.08 Å². The fraction of sp³-hybridized carbons (Fsp3) is 0.556. The summed E-state index contributed by atoms with van der Waals surface area (Å²) < 4.78 is 4.91. The third-order valence-corrected chi connectivity index (χ3v) is 1.02. The lowest BCUT2D eigenvalue weighted by Crippen LogP contribution is -2.32. The van der Waals surface area contributed by atoms with Crippen LogP contribution < -0.4 is 5.32 Å². The van der Waals surface area contributed by atoms with E-state index in [1.165, 1.54) is 6.08 Å². The quantitative estimate of drug-likeness (QED) is 0.671. The molecule has 1 amide bonds. The van der Waals surface area contributed by atoms with Gasteiger partial charge in [0.2, 0.25) is 0 Å². The van der Waals surface area contributed by atoms with Gasteiger partial charge in [-0.2, -0.15) is 0 Å². The summed E-state index contributed by atoms with van der Waals surface area (Å²) >= 11 is 0. The fourth-order valence-electron chi connectivity index (χ4n) is 0.616. The number of hydrogen-bond donors (Lipinski definition) is 2. The van der Waals surface area contributed by atoms with E-state index in [-0.39, 0.29) is 6.54 Å². The summed E-state index contributed by atoms with van der Waals surface area (Å²) in [6.45, 7) is 5.39. The largest absolute Gasteiger partial charge is 0.478 e. The summed E-state index contributed by atoms with van der Waals surface area (Å²) in [7, 11) is 0. The second kappa shape index (κ2) is 5.26. The summed E-state index contributed by atoms with van der Waals surface area (Å²) in [6.07, 6.45) is 1.72. The lowest BCUT2D eigenvalue weighted by molar-refractivity contribution is -0.131. The number of rotatable bonds is 3. The van der Waals surface area contributed by atoms with Crippen LogP contribution >= 0.6 is 0 Å². The molecule has 0 atom stereocenters. The van der Waals surface area contributed by atoms with Gasteiger partial charge in [0, 0.05) is 12.6 Å². The van der Waals surface area contributed by atoms with Crippen LogP contribution in [0, 0.1) is 0 Å². The Balaban J connectivity index is 3.71. The molecule has 0 aromatic heterocycles. The molecule has 0 aromatic rings. The molecular weight excluding hydrogens is 186 g/mol. The monoisotopic (exact) mass is 201 g/mol. The minimum Gasteiger partial charge on any atom is -0.478 e. The Hall–Kier alpha value is -1.52. The normalized spacial score (nSPS) is 11.4. The number of carboxylic acid groups (broad SMARTS) is 1. The summed E-state index contributed by atoms with van der Waals surface area (Å²) in [5, 5.41) is 10.6. The molecule has 0 radical (unpaired) electrons. The summed E-state index contributed by atoms with van der Waals surface area (Å²) in [5.74, 6) is -1.05. The van der Waals surface area contributed by atoms with Gasteiger partial charge in [-0.05, 0) is 20.8 Å². The Morgan fingerprint density at radius 3 is 2.43 bits per heavy atom. The van der Waals surface area contributed by atoms with Crippen LogP contribution in [0.3, 0.4) is 0 Å². The maximum atomic E-state index is 11.0. The first-order valence-electron chi connectivity index (χ1n) is 4.17. The Bertz CT molecular complexity index is 240. The number of carbonyl (C=O) groups is 2. The first-order chi connectivity index (χ1) is 6.31. The third-order valence-electron chi connectivity index (χ3n) is 1.02. The van der Waals surface area contributed by atoms with E-state index in [2.05, 4.69) is 5.32 Å². The van der Waals surface area contributed by atoms with Crippen LogP contribution in [0.4, 0.5) is 4.79 Å². The van der Waals surface area contributed by atoms with Crippen molar-refractivity contribution in [2.75, 3.05) is 6.54 Å². The third kappa shape index (κ3) is 8.58. The predicted octanol–water partition coefficient (Wildman–Crippen LogP) is 1.15. The molecule has 0 saturated carbocycles. The Kier molecular flexibility index (Phi) is 4.69. The number of alkyl carbamates (subject to hydrolysis) is 1. The van der Waals surface area contributed by atoms with Crippen molar-refractivity contribution in [2.24, 2.45) is 0 Å². The van der Waals surface area contributed by atoms with Crippen LogP contribution in [0.15, 0.2) is 12.2 Å². The fourth-order valence-corrected chi connectivity index (χ4v) is 0.616. The van der Waals surface area contributed by atoms with Crippen LogP contribution in [0.1, 0.15) is 20.8 Å². The van der Waals surface area contributed by atoms with Crippen LogP contribution in [-0.4, -0.2) is 29.3 Å². The highest BCUT2D eigenvalue weighted by Gasteiger charge is 2.14. The molecule has 0 aliphatic rings. The van der Waals surface area contributed by atoms with Crippen LogP contribution in [0.5, 0.6) is 0 Å². The van der Waals surface area contributed by atoms with Gasteiger partial charge < -0.3 is 15.2 Å².